The summed E-state index contributed by atoms with van der Waals surface area (Å²) >= 11 is 0. The maximum absolute atomic E-state index is 15.1. The number of aliphatic hydroxyl groups excluding tert-OH is 13. The lowest BCUT2D eigenvalue weighted by molar-refractivity contribution is -0.366. The molecule has 5 saturated carbocycles. The fraction of sp³-hybridized carbons (Fsp3) is 0.981. The van der Waals surface area contributed by atoms with E-state index in [1.165, 1.54) is 6.92 Å². The lowest BCUT2D eigenvalue weighted by atomic mass is 9.31. The maximum Gasteiger partial charge on any atom is 0.314 e. The Hall–Kier alpha value is -1.33. The molecule has 9 aliphatic rings. The number of aliphatic hydroxyl groups is 13. The topological polar surface area (TPSA) is 354 Å². The zero-order chi connectivity index (χ0) is 54.7. The van der Waals surface area contributed by atoms with E-state index in [2.05, 4.69) is 34.6 Å². The van der Waals surface area contributed by atoms with E-state index >= 15 is 4.79 Å². The molecular weight excluding hydrogens is 989 g/mol. The van der Waals surface area contributed by atoms with Gasteiger partial charge in [-0.05, 0) is 123 Å². The van der Waals surface area contributed by atoms with Crippen molar-refractivity contribution in [1.82, 2.24) is 0 Å². The Morgan fingerprint density at radius 2 is 1.19 bits per heavy atom. The summed E-state index contributed by atoms with van der Waals surface area (Å²) in [7, 11) is 0. The third kappa shape index (κ3) is 9.58. The number of hydrogen-bond acceptors (Lipinski definition) is 22. The van der Waals surface area contributed by atoms with Gasteiger partial charge in [-0.2, -0.15) is 0 Å². The molecule has 0 radical (unpaired) electrons. The zero-order valence-electron chi connectivity index (χ0n) is 44.5. The number of carbonyl (C=O) groups is 1. The molecule has 13 N–H and O–H groups in total. The minimum Gasteiger partial charge on any atom is -0.432 e. The number of carbonyl (C=O) groups excluding carboxylic acids is 1. The van der Waals surface area contributed by atoms with Crippen LogP contribution < -0.4 is 0 Å². The van der Waals surface area contributed by atoms with Crippen molar-refractivity contribution in [3.05, 3.63) is 0 Å². The first-order valence-electron chi connectivity index (χ1n) is 27.5. The van der Waals surface area contributed by atoms with Gasteiger partial charge in [0.1, 0.15) is 85.5 Å². The molecule has 75 heavy (non-hydrogen) atoms. The van der Waals surface area contributed by atoms with Gasteiger partial charge in [0.25, 0.3) is 0 Å². The van der Waals surface area contributed by atoms with Gasteiger partial charge in [0.2, 0.25) is 6.29 Å². The maximum atomic E-state index is 15.1. The van der Waals surface area contributed by atoms with Crippen LogP contribution in [0.25, 0.3) is 0 Å². The predicted molar refractivity (Wildman–Crippen MR) is 257 cm³/mol. The molecule has 0 aromatic rings. The second-order valence-corrected chi connectivity index (χ2v) is 26.1. The Labute approximate surface area is 438 Å². The molecule has 5 aliphatic carbocycles. The second-order valence-electron chi connectivity index (χ2n) is 26.1. The van der Waals surface area contributed by atoms with Crippen molar-refractivity contribution in [3.63, 3.8) is 0 Å². The highest BCUT2D eigenvalue weighted by molar-refractivity contribution is 5.78. The largest absolute Gasteiger partial charge is 0.432 e. The molecule has 22 heteroatoms. The average Bonchev–Trinajstić information content (AvgIpc) is 3.37. The first kappa shape index (κ1) is 58.3. The van der Waals surface area contributed by atoms with Crippen LogP contribution in [0.5, 0.6) is 0 Å². The monoisotopic (exact) mass is 1080 g/mol. The summed E-state index contributed by atoms with van der Waals surface area (Å²) in [6.07, 6.45) is -21.7. The SMILES string of the molecule is C[C@@H]1O[C@@H](O[C@H]2[C@H](O[C@H]3CC[C@@]4(C)[C@@H](CC[C@]5(C)[C@@H]4CC[C@@H]4[C@@H]6CC(C)(C)CC[C@]6(C(=O)O[C@@H]6O[C@H](CO[C@@H]7O[C@H](CO)[C@@H](O)[C@@H](O)[C@H]7O)[C@@H](O)[C@H](O)[C@H]6O)CC[C@]45C)[C@]3(C)CO)OC[C@H](O)[C@@H]2O)[C@H](O)[C@@H](O)[C@H]1O. The number of esters is 1. The van der Waals surface area contributed by atoms with E-state index in [1.807, 2.05) is 6.92 Å². The zero-order valence-corrected chi connectivity index (χ0v) is 44.5. The fourth-order valence-corrected chi connectivity index (χ4v) is 16.9. The van der Waals surface area contributed by atoms with Crippen LogP contribution in [-0.2, 0) is 42.7 Å². The van der Waals surface area contributed by atoms with Crippen molar-refractivity contribution >= 4 is 5.97 Å². The quantitative estimate of drug-likeness (QED) is 0.0843. The summed E-state index contributed by atoms with van der Waals surface area (Å²) in [5, 5.41) is 139. The Bertz CT molecular complexity index is 2000. The van der Waals surface area contributed by atoms with Gasteiger partial charge >= 0.3 is 5.97 Å². The van der Waals surface area contributed by atoms with Crippen LogP contribution in [0.15, 0.2) is 0 Å². The summed E-state index contributed by atoms with van der Waals surface area (Å²) in [5.74, 6) is -0.341. The average molecular weight is 1080 g/mol. The van der Waals surface area contributed by atoms with Crippen molar-refractivity contribution in [1.29, 1.82) is 0 Å². The highest BCUT2D eigenvalue weighted by Crippen LogP contribution is 2.77. The normalized spacial score (nSPS) is 55.9. The second kappa shape index (κ2) is 21.2. The summed E-state index contributed by atoms with van der Waals surface area (Å²) in [5.41, 5.74) is -2.53. The molecule has 0 spiro atoms. The van der Waals surface area contributed by atoms with Crippen molar-refractivity contribution in [2.24, 2.45) is 56.2 Å². The molecule has 22 nitrogen and oxygen atoms in total. The Morgan fingerprint density at radius 1 is 0.560 bits per heavy atom. The van der Waals surface area contributed by atoms with Crippen LogP contribution in [0, 0.1) is 56.2 Å². The smallest absolute Gasteiger partial charge is 0.314 e. The van der Waals surface area contributed by atoms with Gasteiger partial charge in [0, 0.05) is 5.41 Å². The highest BCUT2D eigenvalue weighted by Gasteiger charge is 2.72. The first-order chi connectivity index (χ1) is 35.1. The molecule has 0 aromatic heterocycles. The van der Waals surface area contributed by atoms with Gasteiger partial charge in [-0.3, -0.25) is 4.79 Å². The molecule has 432 valence electrons. The van der Waals surface area contributed by atoms with Crippen molar-refractivity contribution in [3.8, 4) is 0 Å². The fourth-order valence-electron chi connectivity index (χ4n) is 16.9. The van der Waals surface area contributed by atoms with Gasteiger partial charge in [-0.25, -0.2) is 0 Å². The Morgan fingerprint density at radius 3 is 1.87 bits per heavy atom. The van der Waals surface area contributed by atoms with Gasteiger partial charge in [-0.1, -0.05) is 41.5 Å². The minimum atomic E-state index is -1.82. The van der Waals surface area contributed by atoms with Crippen LogP contribution >= 0.6 is 0 Å². The van der Waals surface area contributed by atoms with Gasteiger partial charge in [0.15, 0.2) is 18.9 Å². The number of fused-ring (bicyclic) bond motifs is 7. The highest BCUT2D eigenvalue weighted by atomic mass is 16.8. The van der Waals surface area contributed by atoms with Crippen molar-refractivity contribution < 1.29 is 109 Å². The van der Waals surface area contributed by atoms with E-state index in [0.29, 0.717) is 25.7 Å². The van der Waals surface area contributed by atoms with Crippen molar-refractivity contribution in [2.75, 3.05) is 26.4 Å². The van der Waals surface area contributed by atoms with E-state index in [9.17, 15) is 66.4 Å². The summed E-state index contributed by atoms with van der Waals surface area (Å²) < 4.78 is 47.7. The summed E-state index contributed by atoms with van der Waals surface area (Å²) in [4.78, 5) is 15.1. The van der Waals surface area contributed by atoms with E-state index in [-0.39, 0.29) is 58.5 Å². The third-order valence-electron chi connectivity index (χ3n) is 21.7. The lowest BCUT2D eigenvalue weighted by Crippen LogP contribution is -2.69. The number of hydrogen-bond donors (Lipinski definition) is 13. The molecule has 9 fully saturated rings. The Kier molecular flexibility index (Phi) is 16.5. The number of ether oxygens (including phenoxy) is 8. The van der Waals surface area contributed by atoms with Crippen molar-refractivity contribution in [2.45, 2.75) is 242 Å². The van der Waals surface area contributed by atoms with Crippen LogP contribution in [0.1, 0.15) is 119 Å². The molecule has 29 atom stereocenters. The van der Waals surface area contributed by atoms with Gasteiger partial charge in [0.05, 0.1) is 44.1 Å². The molecule has 4 heterocycles. The summed E-state index contributed by atoms with van der Waals surface area (Å²) in [6.45, 7) is 13.5. The number of rotatable bonds is 11. The summed E-state index contributed by atoms with van der Waals surface area (Å²) in [6, 6.07) is 0. The van der Waals surface area contributed by atoms with E-state index in [4.69, 9.17) is 37.9 Å². The molecule has 0 amide bonds. The standard InChI is InChI=1S/C53H88O22/c1-23-32(57)36(61)40(65)44(70-23)74-42-33(58)26(56)20-68-46(42)73-31-11-12-49(4)29(50(31,5)22-55)10-13-52(7)30(49)9-8-24-25-18-48(2,3)14-16-53(25,17-15-51(24,52)6)47(67)75-45-41(66)38(63)35(60)28(72-45)21-69-43-39(64)37(62)34(59)27(19-54)71-43/h23-46,54-66H,8-22H2,1-7H3/t23-,24+,25-,26-,27+,28+,29+,30+,31-,32-,33-,34+,35+,36-,37+,38-,39+,40+,41+,42+,43+,44-,45-,46-,49-,50-,51+,52+,53-/m0/s1. The molecule has 0 bridgehead atoms. The Balaban J connectivity index is 0.913. The molecule has 4 saturated heterocycles. The van der Waals surface area contributed by atoms with Crippen LogP contribution in [-0.4, -0.2) is 222 Å². The molecular formula is C53H88O22. The van der Waals surface area contributed by atoms with E-state index < -0.39 is 153 Å². The van der Waals surface area contributed by atoms with Crippen LogP contribution in [0.2, 0.25) is 0 Å². The third-order valence-corrected chi connectivity index (χ3v) is 21.7. The first-order valence-corrected chi connectivity index (χ1v) is 27.5. The van der Waals surface area contributed by atoms with Crippen LogP contribution in [0.4, 0.5) is 0 Å². The van der Waals surface area contributed by atoms with Crippen LogP contribution in [0.3, 0.4) is 0 Å². The van der Waals surface area contributed by atoms with Gasteiger partial charge in [-0.15, -0.1) is 0 Å². The van der Waals surface area contributed by atoms with E-state index in [1.54, 1.807) is 0 Å². The minimum absolute atomic E-state index is 0.0140. The van der Waals surface area contributed by atoms with Gasteiger partial charge < -0.3 is 104 Å². The lowest BCUT2D eigenvalue weighted by Gasteiger charge is -2.73. The van der Waals surface area contributed by atoms with E-state index in [0.717, 1.165) is 44.9 Å². The molecule has 9 rings (SSSR count). The molecule has 0 aromatic carbocycles. The molecule has 4 aliphatic heterocycles. The molecule has 0 unspecified atom stereocenters. The predicted octanol–water partition coefficient (Wildman–Crippen LogP) is -1.32.